The molecule has 0 spiro atoms. The molecule has 108 valence electrons. The lowest BCUT2D eigenvalue weighted by Crippen LogP contribution is -1.89. The van der Waals surface area contributed by atoms with Crippen molar-refractivity contribution in [2.24, 2.45) is 0 Å². The molecule has 21 heavy (non-hydrogen) atoms. The number of ether oxygens (including phenoxy) is 1. The molecule has 0 N–H and O–H groups in total. The fourth-order valence-electron chi connectivity index (χ4n) is 1.77. The fourth-order valence-corrected chi connectivity index (χ4v) is 3.46. The molecule has 3 aromatic rings. The Bertz CT molecular complexity index is 739. The van der Waals surface area contributed by atoms with E-state index in [4.69, 9.17) is 9.26 Å². The molecule has 7 heteroatoms. The average Bonchev–Trinajstić information content (AvgIpc) is 3.14. The van der Waals surface area contributed by atoms with E-state index < -0.39 is 0 Å². The first kappa shape index (κ1) is 14.1. The van der Waals surface area contributed by atoms with Gasteiger partial charge in [0, 0.05) is 11.1 Å². The minimum atomic E-state index is 0.540. The molecular weight excluding hydrogens is 306 g/mol. The summed E-state index contributed by atoms with van der Waals surface area (Å²) < 4.78 is 11.6. The zero-order chi connectivity index (χ0) is 14.7. The van der Waals surface area contributed by atoms with Gasteiger partial charge < -0.3 is 9.26 Å². The van der Waals surface area contributed by atoms with Crippen LogP contribution < -0.4 is 4.74 Å². The molecule has 0 unspecified atom stereocenters. The first-order valence-corrected chi connectivity index (χ1v) is 8.13. The van der Waals surface area contributed by atoms with Crippen LogP contribution in [-0.2, 0) is 5.75 Å². The third kappa shape index (κ3) is 3.25. The van der Waals surface area contributed by atoms with Gasteiger partial charge in [0.2, 0.25) is 11.7 Å². The number of para-hydroxylation sites is 1. The third-order valence-corrected chi connectivity index (χ3v) is 4.86. The van der Waals surface area contributed by atoms with Gasteiger partial charge in [0.15, 0.2) is 4.34 Å². The van der Waals surface area contributed by atoms with E-state index in [1.807, 2.05) is 36.6 Å². The first-order valence-electron chi connectivity index (χ1n) is 6.27. The average molecular weight is 319 g/mol. The van der Waals surface area contributed by atoms with Gasteiger partial charge in [-0.05, 0) is 19.1 Å². The van der Waals surface area contributed by atoms with E-state index in [0.29, 0.717) is 17.5 Å². The highest BCUT2D eigenvalue weighted by Gasteiger charge is 2.13. The highest BCUT2D eigenvalue weighted by atomic mass is 32.2. The third-order valence-electron chi connectivity index (χ3n) is 2.73. The number of benzene rings is 1. The Morgan fingerprint density at radius 1 is 1.29 bits per heavy atom. The van der Waals surface area contributed by atoms with Crippen LogP contribution in [-0.4, -0.2) is 22.2 Å². The summed E-state index contributed by atoms with van der Waals surface area (Å²) in [5.41, 5.74) is 1.85. The Hall–Kier alpha value is -1.86. The molecule has 0 aliphatic rings. The molecule has 5 nitrogen and oxygen atoms in total. The normalized spacial score (nSPS) is 10.8. The van der Waals surface area contributed by atoms with Crippen molar-refractivity contribution in [1.82, 2.24) is 15.1 Å². The Labute approximate surface area is 130 Å². The Morgan fingerprint density at radius 2 is 2.14 bits per heavy atom. The number of hydrogen-bond acceptors (Lipinski definition) is 7. The van der Waals surface area contributed by atoms with Crippen LogP contribution in [0.15, 0.2) is 38.5 Å². The predicted molar refractivity (Wildman–Crippen MR) is 82.7 cm³/mol. The van der Waals surface area contributed by atoms with E-state index in [1.54, 1.807) is 30.2 Å². The van der Waals surface area contributed by atoms with Crippen molar-refractivity contribution < 1.29 is 9.26 Å². The van der Waals surface area contributed by atoms with Gasteiger partial charge in [-0.1, -0.05) is 29.1 Å². The summed E-state index contributed by atoms with van der Waals surface area (Å²) in [5, 5.41) is 6.04. The number of methoxy groups -OCH3 is 1. The number of thioether (sulfide) groups is 1. The van der Waals surface area contributed by atoms with Gasteiger partial charge in [0.1, 0.15) is 5.75 Å². The Morgan fingerprint density at radius 3 is 2.90 bits per heavy atom. The van der Waals surface area contributed by atoms with Crippen molar-refractivity contribution in [3.8, 4) is 17.1 Å². The molecule has 0 atom stereocenters. The van der Waals surface area contributed by atoms with Gasteiger partial charge >= 0.3 is 0 Å². The monoisotopic (exact) mass is 319 g/mol. The van der Waals surface area contributed by atoms with Gasteiger partial charge in [-0.3, -0.25) is 0 Å². The standard InChI is InChI=1S/C14H13N3O2S2/c1-9-7-20-14(15-9)21-8-12-16-13(17-19-12)10-5-3-4-6-11(10)18-2/h3-7H,8H2,1-2H3. The van der Waals surface area contributed by atoms with Gasteiger partial charge in [-0.15, -0.1) is 11.3 Å². The number of aromatic nitrogens is 3. The second-order valence-electron chi connectivity index (χ2n) is 4.26. The first-order chi connectivity index (χ1) is 10.3. The quantitative estimate of drug-likeness (QED) is 0.667. The van der Waals surface area contributed by atoms with E-state index in [9.17, 15) is 0 Å². The fraction of sp³-hybridized carbons (Fsp3) is 0.214. The van der Waals surface area contributed by atoms with Crippen LogP contribution in [0.3, 0.4) is 0 Å². The molecule has 0 amide bonds. The summed E-state index contributed by atoms with van der Waals surface area (Å²) in [4.78, 5) is 8.80. The molecular formula is C14H13N3O2S2. The number of hydrogen-bond donors (Lipinski definition) is 0. The van der Waals surface area contributed by atoms with Crippen molar-refractivity contribution in [3.63, 3.8) is 0 Å². The lowest BCUT2D eigenvalue weighted by molar-refractivity contribution is 0.390. The Kier molecular flexibility index (Phi) is 4.21. The van der Waals surface area contributed by atoms with Crippen molar-refractivity contribution in [2.75, 3.05) is 7.11 Å². The topological polar surface area (TPSA) is 61.0 Å². The SMILES string of the molecule is COc1ccccc1-c1noc(CSc2nc(C)cs2)n1. The van der Waals surface area contributed by atoms with Crippen LogP contribution in [0.4, 0.5) is 0 Å². The summed E-state index contributed by atoms with van der Waals surface area (Å²) in [7, 11) is 1.63. The highest BCUT2D eigenvalue weighted by molar-refractivity contribution is 8.00. The molecule has 0 saturated heterocycles. The summed E-state index contributed by atoms with van der Waals surface area (Å²) in [5.74, 6) is 2.45. The van der Waals surface area contributed by atoms with Crippen molar-refractivity contribution in [2.45, 2.75) is 17.0 Å². The van der Waals surface area contributed by atoms with Crippen LogP contribution in [0, 0.1) is 6.92 Å². The van der Waals surface area contributed by atoms with Gasteiger partial charge in [-0.25, -0.2) is 4.98 Å². The number of thiazole rings is 1. The van der Waals surface area contributed by atoms with Gasteiger partial charge in [0.25, 0.3) is 0 Å². The van der Waals surface area contributed by atoms with Crippen molar-refractivity contribution in [3.05, 3.63) is 41.2 Å². The number of rotatable bonds is 5. The summed E-state index contributed by atoms with van der Waals surface area (Å²) in [6.07, 6.45) is 0. The van der Waals surface area contributed by atoms with E-state index in [0.717, 1.165) is 21.3 Å². The zero-order valence-corrected chi connectivity index (χ0v) is 13.2. The molecule has 2 aromatic heterocycles. The molecule has 3 rings (SSSR count). The molecule has 0 bridgehead atoms. The molecule has 0 fully saturated rings. The van der Waals surface area contributed by atoms with E-state index in [2.05, 4.69) is 15.1 Å². The van der Waals surface area contributed by atoms with Crippen LogP contribution >= 0.6 is 23.1 Å². The second kappa shape index (κ2) is 6.28. The number of nitrogens with zero attached hydrogens (tertiary/aromatic N) is 3. The van der Waals surface area contributed by atoms with E-state index in [-0.39, 0.29) is 0 Å². The smallest absolute Gasteiger partial charge is 0.237 e. The number of aryl methyl sites for hydroxylation is 1. The maximum atomic E-state index is 5.31. The lowest BCUT2D eigenvalue weighted by atomic mass is 10.2. The second-order valence-corrected chi connectivity index (χ2v) is 6.34. The molecule has 0 aliphatic carbocycles. The van der Waals surface area contributed by atoms with Gasteiger partial charge in [0.05, 0.1) is 18.4 Å². The van der Waals surface area contributed by atoms with Gasteiger partial charge in [-0.2, -0.15) is 4.98 Å². The molecule has 0 aliphatic heterocycles. The molecule has 0 radical (unpaired) electrons. The minimum Gasteiger partial charge on any atom is -0.496 e. The van der Waals surface area contributed by atoms with Crippen LogP contribution in [0.1, 0.15) is 11.6 Å². The lowest BCUT2D eigenvalue weighted by Gasteiger charge is -2.02. The van der Waals surface area contributed by atoms with E-state index >= 15 is 0 Å². The maximum Gasteiger partial charge on any atom is 0.237 e. The highest BCUT2D eigenvalue weighted by Crippen LogP contribution is 2.29. The van der Waals surface area contributed by atoms with Crippen molar-refractivity contribution >= 4 is 23.1 Å². The molecule has 1 aromatic carbocycles. The van der Waals surface area contributed by atoms with E-state index in [1.165, 1.54) is 0 Å². The minimum absolute atomic E-state index is 0.540. The zero-order valence-electron chi connectivity index (χ0n) is 11.6. The molecule has 0 saturated carbocycles. The maximum absolute atomic E-state index is 5.31. The largest absolute Gasteiger partial charge is 0.496 e. The predicted octanol–water partition coefficient (Wildman–Crippen LogP) is 3.80. The molecule has 2 heterocycles. The summed E-state index contributed by atoms with van der Waals surface area (Å²) >= 11 is 3.21. The van der Waals surface area contributed by atoms with Crippen molar-refractivity contribution in [1.29, 1.82) is 0 Å². The van der Waals surface area contributed by atoms with Crippen LogP contribution in [0.5, 0.6) is 5.75 Å². The summed E-state index contributed by atoms with van der Waals surface area (Å²) in [6.45, 7) is 1.98. The Balaban J connectivity index is 1.74. The van der Waals surface area contributed by atoms with Crippen LogP contribution in [0.25, 0.3) is 11.4 Å². The van der Waals surface area contributed by atoms with Crippen LogP contribution in [0.2, 0.25) is 0 Å². The summed E-state index contributed by atoms with van der Waals surface area (Å²) in [6, 6.07) is 7.61.